The molecule has 0 aliphatic heterocycles. The Morgan fingerprint density at radius 1 is 1.27 bits per heavy atom. The van der Waals surface area contributed by atoms with Crippen molar-refractivity contribution in [1.29, 1.82) is 0 Å². The van der Waals surface area contributed by atoms with Crippen LogP contribution in [0.4, 0.5) is 0 Å². The number of fused-ring (bicyclic) bond motifs is 1. The van der Waals surface area contributed by atoms with E-state index < -0.39 is 0 Å². The van der Waals surface area contributed by atoms with E-state index in [0.29, 0.717) is 17.3 Å². The number of ether oxygens (including phenoxy) is 1. The molecule has 0 unspecified atom stereocenters. The van der Waals surface area contributed by atoms with Crippen LogP contribution < -0.4 is 0 Å². The Labute approximate surface area is 92.4 Å². The highest BCUT2D eigenvalue weighted by molar-refractivity contribution is 5.80. The van der Waals surface area contributed by atoms with E-state index in [-0.39, 0.29) is 5.41 Å². The Hall–Kier alpha value is -0.370. The van der Waals surface area contributed by atoms with Crippen LogP contribution >= 0.6 is 0 Å². The second-order valence-electron chi connectivity index (χ2n) is 5.94. The maximum absolute atomic E-state index is 11.6. The van der Waals surface area contributed by atoms with E-state index in [9.17, 15) is 4.79 Å². The van der Waals surface area contributed by atoms with Gasteiger partial charge in [0, 0.05) is 20.0 Å². The molecule has 0 aromatic carbocycles. The summed E-state index contributed by atoms with van der Waals surface area (Å²) in [6.07, 6.45) is 6.46. The van der Waals surface area contributed by atoms with Crippen molar-refractivity contribution in [3.05, 3.63) is 0 Å². The molecule has 2 saturated carbocycles. The van der Waals surface area contributed by atoms with Crippen LogP contribution in [0.5, 0.6) is 0 Å². The molecule has 0 saturated heterocycles. The lowest BCUT2D eigenvalue weighted by Gasteiger charge is -2.54. The molecule has 0 aromatic rings. The molecular formula is C13H22O2. The summed E-state index contributed by atoms with van der Waals surface area (Å²) in [5.74, 6) is 0.451. The van der Waals surface area contributed by atoms with Crippen molar-refractivity contribution in [1.82, 2.24) is 0 Å². The van der Waals surface area contributed by atoms with Crippen LogP contribution in [0.2, 0.25) is 0 Å². The summed E-state index contributed by atoms with van der Waals surface area (Å²) in [4.78, 5) is 11.6. The minimum atomic E-state index is 0.182. The molecule has 0 N–H and O–H groups in total. The highest BCUT2D eigenvalue weighted by Gasteiger charge is 2.51. The number of ketones is 1. The first kappa shape index (κ1) is 11.1. The molecule has 2 aliphatic carbocycles. The average Bonchev–Trinajstić information content (AvgIpc) is 2.19. The third-order valence-corrected chi connectivity index (χ3v) is 5.03. The fraction of sp³-hybridized carbons (Fsp3) is 0.923. The molecule has 0 aromatic heterocycles. The van der Waals surface area contributed by atoms with E-state index in [2.05, 4.69) is 13.8 Å². The molecule has 2 heteroatoms. The van der Waals surface area contributed by atoms with E-state index in [4.69, 9.17) is 4.74 Å². The summed E-state index contributed by atoms with van der Waals surface area (Å²) in [7, 11) is 1.79. The van der Waals surface area contributed by atoms with Gasteiger partial charge in [0.1, 0.15) is 5.78 Å². The van der Waals surface area contributed by atoms with E-state index in [1.165, 1.54) is 6.42 Å². The van der Waals surface area contributed by atoms with Gasteiger partial charge in [-0.1, -0.05) is 13.8 Å². The van der Waals surface area contributed by atoms with Crippen LogP contribution in [-0.2, 0) is 9.53 Å². The number of Topliss-reactive ketones (excluding diaryl/α,β-unsaturated/α-hetero) is 1. The van der Waals surface area contributed by atoms with E-state index in [1.807, 2.05) is 0 Å². The lowest BCUT2D eigenvalue weighted by atomic mass is 9.51. The Kier molecular flexibility index (Phi) is 2.66. The third-order valence-electron chi connectivity index (χ3n) is 5.03. The summed E-state index contributed by atoms with van der Waals surface area (Å²) < 4.78 is 5.47. The van der Waals surface area contributed by atoms with Crippen LogP contribution in [0, 0.1) is 10.8 Å². The molecule has 0 heterocycles. The molecular weight excluding hydrogens is 188 g/mol. The van der Waals surface area contributed by atoms with Gasteiger partial charge in [0.05, 0.1) is 6.10 Å². The van der Waals surface area contributed by atoms with Gasteiger partial charge in [-0.2, -0.15) is 0 Å². The zero-order chi connectivity index (χ0) is 11.1. The zero-order valence-corrected chi connectivity index (χ0v) is 10.1. The standard InChI is InChI=1S/C13H22O2/c1-12-6-4-10(14)8-13(12,2)9-11(15-3)5-7-12/h11H,4-9H2,1-3H3/t11-,12+,13-/m0/s1. The fourth-order valence-electron chi connectivity index (χ4n) is 3.48. The van der Waals surface area contributed by atoms with Gasteiger partial charge in [-0.3, -0.25) is 4.79 Å². The van der Waals surface area contributed by atoms with Crippen LogP contribution in [0.25, 0.3) is 0 Å². The van der Waals surface area contributed by atoms with Crippen LogP contribution in [-0.4, -0.2) is 19.0 Å². The van der Waals surface area contributed by atoms with Crippen molar-refractivity contribution in [2.75, 3.05) is 7.11 Å². The lowest BCUT2D eigenvalue weighted by molar-refractivity contribution is -0.138. The van der Waals surface area contributed by atoms with Crippen molar-refractivity contribution in [2.45, 2.75) is 58.5 Å². The second kappa shape index (κ2) is 3.58. The Bertz CT molecular complexity index is 274. The summed E-state index contributed by atoms with van der Waals surface area (Å²) >= 11 is 0. The van der Waals surface area contributed by atoms with Crippen LogP contribution in [0.15, 0.2) is 0 Å². The quantitative estimate of drug-likeness (QED) is 0.665. The lowest BCUT2D eigenvalue weighted by Crippen LogP contribution is -2.49. The van der Waals surface area contributed by atoms with Crippen molar-refractivity contribution in [2.24, 2.45) is 10.8 Å². The molecule has 0 amide bonds. The first-order valence-electron chi connectivity index (χ1n) is 6.04. The molecule has 2 fully saturated rings. The molecule has 2 aliphatic rings. The predicted molar refractivity (Wildman–Crippen MR) is 59.7 cm³/mol. The first-order valence-corrected chi connectivity index (χ1v) is 6.04. The second-order valence-corrected chi connectivity index (χ2v) is 5.94. The van der Waals surface area contributed by atoms with E-state index in [0.717, 1.165) is 32.1 Å². The summed E-state index contributed by atoms with van der Waals surface area (Å²) in [6.45, 7) is 4.65. The Balaban J connectivity index is 2.21. The van der Waals surface area contributed by atoms with Gasteiger partial charge in [-0.05, 0) is 36.5 Å². The Morgan fingerprint density at radius 2 is 2.00 bits per heavy atom. The number of rotatable bonds is 1. The Morgan fingerprint density at radius 3 is 2.67 bits per heavy atom. The first-order chi connectivity index (χ1) is 6.99. The van der Waals surface area contributed by atoms with Gasteiger partial charge in [-0.25, -0.2) is 0 Å². The van der Waals surface area contributed by atoms with Crippen molar-refractivity contribution in [3.63, 3.8) is 0 Å². The summed E-state index contributed by atoms with van der Waals surface area (Å²) in [5.41, 5.74) is 0.553. The average molecular weight is 210 g/mol. The summed E-state index contributed by atoms with van der Waals surface area (Å²) in [5, 5.41) is 0. The predicted octanol–water partition coefficient (Wildman–Crippen LogP) is 2.95. The third kappa shape index (κ3) is 1.73. The number of carbonyl (C=O) groups excluding carboxylic acids is 1. The minimum absolute atomic E-state index is 0.182. The van der Waals surface area contributed by atoms with Crippen molar-refractivity contribution < 1.29 is 9.53 Å². The number of methoxy groups -OCH3 is 1. The highest BCUT2D eigenvalue weighted by atomic mass is 16.5. The van der Waals surface area contributed by atoms with Gasteiger partial charge in [0.25, 0.3) is 0 Å². The highest BCUT2D eigenvalue weighted by Crippen LogP contribution is 2.57. The maximum Gasteiger partial charge on any atom is 0.133 e. The molecule has 0 bridgehead atoms. The van der Waals surface area contributed by atoms with Crippen LogP contribution in [0.1, 0.15) is 52.4 Å². The summed E-state index contributed by atoms with van der Waals surface area (Å²) in [6, 6.07) is 0. The van der Waals surface area contributed by atoms with Gasteiger partial charge < -0.3 is 4.74 Å². The molecule has 0 radical (unpaired) electrons. The maximum atomic E-state index is 11.6. The number of carbonyl (C=O) groups is 1. The molecule has 0 spiro atoms. The van der Waals surface area contributed by atoms with Gasteiger partial charge in [-0.15, -0.1) is 0 Å². The minimum Gasteiger partial charge on any atom is -0.381 e. The topological polar surface area (TPSA) is 26.3 Å². The number of hydrogen-bond donors (Lipinski definition) is 0. The molecule has 2 rings (SSSR count). The SMILES string of the molecule is CO[C@H]1CC[C@@]2(C)CCC(=O)C[C@@]2(C)C1. The molecule has 15 heavy (non-hydrogen) atoms. The molecule has 3 atom stereocenters. The normalized spacial score (nSPS) is 46.3. The van der Waals surface area contributed by atoms with E-state index in [1.54, 1.807) is 7.11 Å². The van der Waals surface area contributed by atoms with E-state index >= 15 is 0 Å². The van der Waals surface area contributed by atoms with Gasteiger partial charge >= 0.3 is 0 Å². The molecule has 86 valence electrons. The van der Waals surface area contributed by atoms with Crippen molar-refractivity contribution in [3.8, 4) is 0 Å². The van der Waals surface area contributed by atoms with Gasteiger partial charge in [0.15, 0.2) is 0 Å². The number of hydrogen-bond acceptors (Lipinski definition) is 2. The largest absolute Gasteiger partial charge is 0.381 e. The zero-order valence-electron chi connectivity index (χ0n) is 10.1. The van der Waals surface area contributed by atoms with Gasteiger partial charge in [0.2, 0.25) is 0 Å². The molecule has 2 nitrogen and oxygen atoms in total. The van der Waals surface area contributed by atoms with Crippen LogP contribution in [0.3, 0.4) is 0 Å². The van der Waals surface area contributed by atoms with Crippen molar-refractivity contribution >= 4 is 5.78 Å². The fourth-order valence-corrected chi connectivity index (χ4v) is 3.48. The smallest absolute Gasteiger partial charge is 0.133 e. The monoisotopic (exact) mass is 210 g/mol.